The highest BCUT2D eigenvalue weighted by molar-refractivity contribution is 7.89. The molecule has 0 aliphatic carbocycles. The monoisotopic (exact) mass is 416 g/mol. The number of benzene rings is 2. The first-order valence-electron chi connectivity index (χ1n) is 9.97. The standard InChI is InChI=1S/C22H28N2O4S/c1-23(29(25,26)20-7-4-18(27-2)5-8-20)17-11-13-24-12-10-16-14-19(28-3)6-9-21(16)22(24)15-17/h4-9,14,17,22H,10-13,15H2,1-3H3. The van der Waals surface area contributed by atoms with Gasteiger partial charge in [0.05, 0.1) is 19.1 Å². The molecule has 156 valence electrons. The smallest absolute Gasteiger partial charge is 0.243 e. The normalized spacial score (nSPS) is 22.1. The molecule has 0 bridgehead atoms. The van der Waals surface area contributed by atoms with Gasteiger partial charge in [0.1, 0.15) is 11.5 Å². The zero-order valence-electron chi connectivity index (χ0n) is 17.2. The lowest BCUT2D eigenvalue weighted by Crippen LogP contribution is -2.48. The Bertz CT molecular complexity index is 975. The van der Waals surface area contributed by atoms with Crippen LogP contribution in [0.4, 0.5) is 0 Å². The van der Waals surface area contributed by atoms with E-state index in [9.17, 15) is 8.42 Å². The van der Waals surface area contributed by atoms with Crippen molar-refractivity contribution in [2.75, 3.05) is 34.4 Å². The molecule has 2 aromatic rings. The fraction of sp³-hybridized carbons (Fsp3) is 0.455. The van der Waals surface area contributed by atoms with Crippen LogP contribution >= 0.6 is 0 Å². The van der Waals surface area contributed by atoms with Gasteiger partial charge in [0.15, 0.2) is 0 Å². The summed E-state index contributed by atoms with van der Waals surface area (Å²) in [5.74, 6) is 1.53. The quantitative estimate of drug-likeness (QED) is 0.750. The van der Waals surface area contributed by atoms with E-state index in [0.29, 0.717) is 10.6 Å². The van der Waals surface area contributed by atoms with Gasteiger partial charge in [-0.1, -0.05) is 6.07 Å². The Morgan fingerprint density at radius 3 is 2.38 bits per heavy atom. The largest absolute Gasteiger partial charge is 0.497 e. The minimum absolute atomic E-state index is 0.0311. The molecule has 7 heteroatoms. The van der Waals surface area contributed by atoms with Gasteiger partial charge in [0.25, 0.3) is 0 Å². The maximum atomic E-state index is 13.2. The van der Waals surface area contributed by atoms with Crippen LogP contribution in [0.5, 0.6) is 11.5 Å². The lowest BCUT2D eigenvalue weighted by atomic mass is 9.85. The predicted octanol–water partition coefficient (Wildman–Crippen LogP) is 3.09. The van der Waals surface area contributed by atoms with Crippen LogP contribution in [0.3, 0.4) is 0 Å². The van der Waals surface area contributed by atoms with E-state index < -0.39 is 10.0 Å². The predicted molar refractivity (Wildman–Crippen MR) is 112 cm³/mol. The molecule has 0 radical (unpaired) electrons. The minimum atomic E-state index is -3.55. The lowest BCUT2D eigenvalue weighted by molar-refractivity contribution is 0.0968. The number of hydrogen-bond acceptors (Lipinski definition) is 5. The molecular weight excluding hydrogens is 388 g/mol. The molecule has 0 spiro atoms. The molecule has 2 atom stereocenters. The van der Waals surface area contributed by atoms with Crippen molar-refractivity contribution in [3.05, 3.63) is 53.6 Å². The zero-order valence-corrected chi connectivity index (χ0v) is 18.0. The maximum Gasteiger partial charge on any atom is 0.243 e. The summed E-state index contributed by atoms with van der Waals surface area (Å²) in [5.41, 5.74) is 2.61. The molecule has 1 fully saturated rings. The molecule has 0 saturated carbocycles. The first kappa shape index (κ1) is 20.2. The average Bonchev–Trinajstić information content (AvgIpc) is 2.77. The van der Waals surface area contributed by atoms with Gasteiger partial charge in [-0.25, -0.2) is 8.42 Å². The van der Waals surface area contributed by atoms with Crippen molar-refractivity contribution in [2.45, 2.75) is 36.2 Å². The molecule has 2 aliphatic heterocycles. The van der Waals surface area contributed by atoms with Crippen molar-refractivity contribution in [2.24, 2.45) is 0 Å². The van der Waals surface area contributed by atoms with E-state index >= 15 is 0 Å². The summed E-state index contributed by atoms with van der Waals surface area (Å²) in [5, 5.41) is 0. The fourth-order valence-corrected chi connectivity index (χ4v) is 5.94. The molecule has 2 unspecified atom stereocenters. The molecule has 6 nitrogen and oxygen atoms in total. The van der Waals surface area contributed by atoms with Gasteiger partial charge in [0, 0.05) is 32.2 Å². The Hall–Kier alpha value is -2.09. The molecule has 4 rings (SSSR count). The number of ether oxygens (including phenoxy) is 2. The van der Waals surface area contributed by atoms with Crippen LogP contribution in [0.25, 0.3) is 0 Å². The van der Waals surface area contributed by atoms with Crippen LogP contribution in [0.1, 0.15) is 30.0 Å². The number of methoxy groups -OCH3 is 2. The van der Waals surface area contributed by atoms with E-state index in [-0.39, 0.29) is 12.1 Å². The van der Waals surface area contributed by atoms with Gasteiger partial charge < -0.3 is 9.47 Å². The summed E-state index contributed by atoms with van der Waals surface area (Å²) in [6.45, 7) is 1.91. The first-order chi connectivity index (χ1) is 13.9. The molecule has 2 heterocycles. The lowest BCUT2D eigenvalue weighted by Gasteiger charge is -2.45. The van der Waals surface area contributed by atoms with E-state index in [1.165, 1.54) is 11.1 Å². The van der Waals surface area contributed by atoms with Gasteiger partial charge in [-0.2, -0.15) is 4.31 Å². The average molecular weight is 417 g/mol. The minimum Gasteiger partial charge on any atom is -0.497 e. The molecule has 29 heavy (non-hydrogen) atoms. The van der Waals surface area contributed by atoms with Crippen molar-refractivity contribution in [3.63, 3.8) is 0 Å². The Balaban J connectivity index is 1.56. The van der Waals surface area contributed by atoms with Crippen molar-refractivity contribution in [3.8, 4) is 11.5 Å². The Morgan fingerprint density at radius 1 is 1.00 bits per heavy atom. The topological polar surface area (TPSA) is 59.1 Å². The summed E-state index contributed by atoms with van der Waals surface area (Å²) >= 11 is 0. The first-order valence-corrected chi connectivity index (χ1v) is 11.4. The second kappa shape index (κ2) is 7.97. The SMILES string of the molecule is COc1ccc(S(=O)(=O)N(C)C2CCN3CCc4cc(OC)ccc4C3C2)cc1. The van der Waals surface area contributed by atoms with Crippen molar-refractivity contribution in [1.29, 1.82) is 0 Å². The third-order valence-electron chi connectivity index (χ3n) is 6.31. The van der Waals surface area contributed by atoms with Crippen molar-refractivity contribution >= 4 is 10.0 Å². The highest BCUT2D eigenvalue weighted by Gasteiger charge is 2.38. The fourth-order valence-electron chi connectivity index (χ4n) is 4.54. The second-order valence-corrected chi connectivity index (χ2v) is 9.74. The molecule has 1 saturated heterocycles. The van der Waals surface area contributed by atoms with Crippen LogP contribution in [-0.4, -0.2) is 58.0 Å². The van der Waals surface area contributed by atoms with Crippen LogP contribution in [-0.2, 0) is 16.4 Å². The van der Waals surface area contributed by atoms with Crippen molar-refractivity contribution in [1.82, 2.24) is 9.21 Å². The van der Waals surface area contributed by atoms with Gasteiger partial charge in [-0.3, -0.25) is 4.90 Å². The molecular formula is C22H28N2O4S. The highest BCUT2D eigenvalue weighted by Crippen LogP contribution is 2.39. The van der Waals surface area contributed by atoms with Gasteiger partial charge in [-0.15, -0.1) is 0 Å². The molecule has 2 aromatic carbocycles. The third kappa shape index (κ3) is 3.74. The number of sulfonamides is 1. The van der Waals surface area contributed by atoms with Crippen LogP contribution < -0.4 is 9.47 Å². The number of piperidine rings is 1. The van der Waals surface area contributed by atoms with E-state index in [1.807, 2.05) is 6.07 Å². The van der Waals surface area contributed by atoms with E-state index in [0.717, 1.165) is 38.1 Å². The third-order valence-corrected chi connectivity index (χ3v) is 8.24. The van der Waals surface area contributed by atoms with Crippen LogP contribution in [0, 0.1) is 0 Å². The Kier molecular flexibility index (Phi) is 5.55. The number of fused-ring (bicyclic) bond motifs is 3. The molecule has 0 amide bonds. The number of rotatable bonds is 5. The summed E-state index contributed by atoms with van der Waals surface area (Å²) in [4.78, 5) is 2.79. The molecule has 2 aliphatic rings. The van der Waals surface area contributed by atoms with E-state index in [4.69, 9.17) is 9.47 Å². The van der Waals surface area contributed by atoms with E-state index in [2.05, 4.69) is 17.0 Å². The maximum absolute atomic E-state index is 13.2. The van der Waals surface area contributed by atoms with Crippen LogP contribution in [0.2, 0.25) is 0 Å². The number of nitrogens with zero attached hydrogens (tertiary/aromatic N) is 2. The second-order valence-electron chi connectivity index (χ2n) is 7.74. The molecule has 0 N–H and O–H groups in total. The Morgan fingerprint density at radius 2 is 1.69 bits per heavy atom. The van der Waals surface area contributed by atoms with Crippen molar-refractivity contribution < 1.29 is 17.9 Å². The highest BCUT2D eigenvalue weighted by atomic mass is 32.2. The summed E-state index contributed by atoms with van der Waals surface area (Å²) < 4.78 is 38.4. The summed E-state index contributed by atoms with van der Waals surface area (Å²) in [6, 6.07) is 13.1. The van der Waals surface area contributed by atoms with Crippen LogP contribution in [0.15, 0.2) is 47.4 Å². The van der Waals surface area contributed by atoms with Gasteiger partial charge >= 0.3 is 0 Å². The summed E-state index contributed by atoms with van der Waals surface area (Å²) in [7, 11) is 1.41. The van der Waals surface area contributed by atoms with Gasteiger partial charge in [0.2, 0.25) is 10.0 Å². The van der Waals surface area contributed by atoms with Gasteiger partial charge in [-0.05, 0) is 66.8 Å². The zero-order chi connectivity index (χ0) is 20.6. The Labute approximate surface area is 173 Å². The summed E-state index contributed by atoms with van der Waals surface area (Å²) in [6.07, 6.45) is 2.65. The van der Waals surface area contributed by atoms with E-state index in [1.54, 1.807) is 49.8 Å². The molecule has 0 aromatic heterocycles. The number of hydrogen-bond donors (Lipinski definition) is 0.